The highest BCUT2D eigenvalue weighted by Gasteiger charge is 2.33. The Morgan fingerprint density at radius 2 is 1.84 bits per heavy atom. The molecule has 2 aromatic carbocycles. The summed E-state index contributed by atoms with van der Waals surface area (Å²) in [5, 5.41) is 18.4. The first-order valence-corrected chi connectivity index (χ1v) is 8.32. The van der Waals surface area contributed by atoms with Crippen molar-refractivity contribution < 1.29 is 9.50 Å². The number of likely N-dealkylation sites (tertiary alicyclic amines) is 1. The fraction of sp³-hybridized carbons (Fsp3) is 0.263. The molecule has 1 aliphatic heterocycles. The van der Waals surface area contributed by atoms with E-state index in [2.05, 4.69) is 15.1 Å². The van der Waals surface area contributed by atoms with Crippen molar-refractivity contribution in [1.82, 2.24) is 19.7 Å². The zero-order valence-electron chi connectivity index (χ0n) is 13.7. The van der Waals surface area contributed by atoms with Crippen LogP contribution in [0.4, 0.5) is 4.39 Å². The maximum absolute atomic E-state index is 13.2. The van der Waals surface area contributed by atoms with Gasteiger partial charge in [0.25, 0.3) is 0 Å². The molecule has 0 saturated carbocycles. The first-order valence-electron chi connectivity index (χ1n) is 8.32. The minimum atomic E-state index is -0.400. The molecule has 1 aromatic heterocycles. The number of halogens is 1. The van der Waals surface area contributed by atoms with E-state index < -0.39 is 6.10 Å². The zero-order chi connectivity index (χ0) is 17.2. The topological polar surface area (TPSA) is 54.2 Å². The highest BCUT2D eigenvalue weighted by molar-refractivity contribution is 5.32. The lowest BCUT2D eigenvalue weighted by atomic mass is 10.0. The summed E-state index contributed by atoms with van der Waals surface area (Å²) in [7, 11) is 0. The van der Waals surface area contributed by atoms with Gasteiger partial charge in [-0.05, 0) is 36.2 Å². The quantitative estimate of drug-likeness (QED) is 0.795. The highest BCUT2D eigenvalue weighted by Crippen LogP contribution is 2.33. The fourth-order valence-electron chi connectivity index (χ4n) is 3.44. The van der Waals surface area contributed by atoms with Crippen LogP contribution in [0.5, 0.6) is 0 Å². The van der Waals surface area contributed by atoms with E-state index in [0.717, 1.165) is 17.1 Å². The summed E-state index contributed by atoms with van der Waals surface area (Å²) in [6.45, 7) is 1.12. The Balaban J connectivity index is 1.59. The average Bonchev–Trinajstić information content (AvgIpc) is 3.23. The number of rotatable bonds is 4. The summed E-state index contributed by atoms with van der Waals surface area (Å²) < 4.78 is 15.2. The van der Waals surface area contributed by atoms with Crippen LogP contribution < -0.4 is 0 Å². The number of aliphatic hydroxyl groups excluding tert-OH is 1. The van der Waals surface area contributed by atoms with Crippen LogP contribution in [0.1, 0.15) is 23.9 Å². The van der Waals surface area contributed by atoms with Crippen LogP contribution in [0.25, 0.3) is 5.69 Å². The van der Waals surface area contributed by atoms with Gasteiger partial charge in [0.1, 0.15) is 12.1 Å². The predicted octanol–water partition coefficient (Wildman–Crippen LogP) is 2.71. The van der Waals surface area contributed by atoms with Gasteiger partial charge in [0.15, 0.2) is 5.82 Å². The van der Waals surface area contributed by atoms with Crippen LogP contribution >= 0.6 is 0 Å². The molecule has 0 aliphatic carbocycles. The van der Waals surface area contributed by atoms with Crippen molar-refractivity contribution in [2.75, 3.05) is 6.54 Å². The molecule has 128 valence electrons. The third-order valence-corrected chi connectivity index (χ3v) is 4.63. The van der Waals surface area contributed by atoms with Crippen LogP contribution in [-0.2, 0) is 6.54 Å². The van der Waals surface area contributed by atoms with E-state index in [-0.39, 0.29) is 11.9 Å². The number of hydrogen-bond donors (Lipinski definition) is 1. The molecule has 1 N–H and O–H groups in total. The Hall–Kier alpha value is -2.57. The minimum Gasteiger partial charge on any atom is -0.392 e. The summed E-state index contributed by atoms with van der Waals surface area (Å²) in [5.74, 6) is 0.560. The molecule has 6 heteroatoms. The summed E-state index contributed by atoms with van der Waals surface area (Å²) in [6, 6.07) is 16.5. The van der Waals surface area contributed by atoms with E-state index in [1.165, 1.54) is 12.1 Å². The Labute approximate surface area is 145 Å². The monoisotopic (exact) mass is 338 g/mol. The largest absolute Gasteiger partial charge is 0.392 e. The Morgan fingerprint density at radius 1 is 1.08 bits per heavy atom. The van der Waals surface area contributed by atoms with E-state index in [0.29, 0.717) is 19.5 Å². The number of para-hydroxylation sites is 1. The number of aliphatic hydroxyl groups is 1. The molecule has 5 nitrogen and oxygen atoms in total. The molecule has 4 rings (SSSR count). The zero-order valence-corrected chi connectivity index (χ0v) is 13.7. The number of nitrogens with zero attached hydrogens (tertiary/aromatic N) is 4. The Morgan fingerprint density at radius 3 is 2.60 bits per heavy atom. The molecule has 0 spiro atoms. The van der Waals surface area contributed by atoms with Crippen LogP contribution in [0.15, 0.2) is 60.9 Å². The second-order valence-electron chi connectivity index (χ2n) is 6.34. The van der Waals surface area contributed by atoms with Crippen LogP contribution in [0.2, 0.25) is 0 Å². The van der Waals surface area contributed by atoms with E-state index >= 15 is 0 Å². The van der Waals surface area contributed by atoms with Crippen LogP contribution in [0.3, 0.4) is 0 Å². The van der Waals surface area contributed by atoms with Crippen molar-refractivity contribution in [2.45, 2.75) is 25.1 Å². The molecular formula is C19H19FN4O. The van der Waals surface area contributed by atoms with Crippen molar-refractivity contribution in [3.05, 3.63) is 78.1 Å². The third-order valence-electron chi connectivity index (χ3n) is 4.63. The number of benzene rings is 2. The summed E-state index contributed by atoms with van der Waals surface area (Å²) in [6.07, 6.45) is 1.93. The molecule has 2 atom stereocenters. The van der Waals surface area contributed by atoms with Gasteiger partial charge >= 0.3 is 0 Å². The van der Waals surface area contributed by atoms with Gasteiger partial charge in [-0.25, -0.2) is 4.39 Å². The Kier molecular flexibility index (Phi) is 4.29. The molecule has 1 saturated heterocycles. The molecule has 2 heterocycles. The molecular weight excluding hydrogens is 319 g/mol. The standard InChI is InChI=1S/C19H19FN4O/c20-15-8-6-14(7-9-15)18-10-17(25)11-23(18)12-19-22-21-13-24(19)16-4-2-1-3-5-16/h1-9,13,17-18,25H,10-12H2. The first-order chi connectivity index (χ1) is 12.2. The minimum absolute atomic E-state index is 0.0384. The van der Waals surface area contributed by atoms with Crippen molar-refractivity contribution in [3.63, 3.8) is 0 Å². The third kappa shape index (κ3) is 3.31. The molecule has 0 bridgehead atoms. The highest BCUT2D eigenvalue weighted by atomic mass is 19.1. The van der Waals surface area contributed by atoms with Gasteiger partial charge in [-0.1, -0.05) is 30.3 Å². The molecule has 3 aromatic rings. The van der Waals surface area contributed by atoms with Crippen LogP contribution in [0, 0.1) is 5.82 Å². The van der Waals surface area contributed by atoms with Gasteiger partial charge in [-0.3, -0.25) is 9.47 Å². The maximum Gasteiger partial charge on any atom is 0.151 e. The lowest BCUT2D eigenvalue weighted by Gasteiger charge is -2.24. The summed E-state index contributed by atoms with van der Waals surface area (Å²) in [5.41, 5.74) is 2.00. The second-order valence-corrected chi connectivity index (χ2v) is 6.34. The second kappa shape index (κ2) is 6.74. The van der Waals surface area contributed by atoms with Gasteiger partial charge in [-0.15, -0.1) is 10.2 Å². The van der Waals surface area contributed by atoms with Gasteiger partial charge < -0.3 is 5.11 Å². The van der Waals surface area contributed by atoms with Gasteiger partial charge in [0.05, 0.1) is 12.6 Å². The average molecular weight is 338 g/mol. The molecule has 2 unspecified atom stereocenters. The number of β-amino-alcohol motifs (C(OH)–C–C–N with tert-alkyl or cyclic N) is 1. The van der Waals surface area contributed by atoms with Gasteiger partial charge in [-0.2, -0.15) is 0 Å². The first kappa shape index (κ1) is 15.9. The van der Waals surface area contributed by atoms with E-state index in [1.54, 1.807) is 18.5 Å². The smallest absolute Gasteiger partial charge is 0.151 e. The summed E-state index contributed by atoms with van der Waals surface area (Å²) in [4.78, 5) is 2.17. The molecule has 1 fully saturated rings. The lowest BCUT2D eigenvalue weighted by molar-refractivity contribution is 0.171. The Bertz CT molecular complexity index is 834. The van der Waals surface area contributed by atoms with Crippen molar-refractivity contribution >= 4 is 0 Å². The van der Waals surface area contributed by atoms with E-state index in [4.69, 9.17) is 0 Å². The lowest BCUT2D eigenvalue weighted by Crippen LogP contribution is -2.26. The van der Waals surface area contributed by atoms with Crippen LogP contribution in [-0.4, -0.2) is 37.4 Å². The maximum atomic E-state index is 13.2. The molecule has 0 amide bonds. The van der Waals surface area contributed by atoms with Gasteiger partial charge in [0, 0.05) is 18.3 Å². The van der Waals surface area contributed by atoms with Gasteiger partial charge in [0.2, 0.25) is 0 Å². The molecule has 0 radical (unpaired) electrons. The van der Waals surface area contributed by atoms with E-state index in [1.807, 2.05) is 34.9 Å². The molecule has 1 aliphatic rings. The summed E-state index contributed by atoms with van der Waals surface area (Å²) >= 11 is 0. The van der Waals surface area contributed by atoms with Crippen molar-refractivity contribution in [1.29, 1.82) is 0 Å². The normalized spacial score (nSPS) is 20.9. The SMILES string of the molecule is OC1CC(c2ccc(F)cc2)N(Cc2nncn2-c2ccccc2)C1. The number of aromatic nitrogens is 3. The van der Waals surface area contributed by atoms with Crippen molar-refractivity contribution in [3.8, 4) is 5.69 Å². The predicted molar refractivity (Wildman–Crippen MR) is 91.5 cm³/mol. The van der Waals surface area contributed by atoms with E-state index in [9.17, 15) is 9.50 Å². The number of hydrogen-bond acceptors (Lipinski definition) is 4. The van der Waals surface area contributed by atoms with Crippen molar-refractivity contribution in [2.24, 2.45) is 0 Å². The molecule has 25 heavy (non-hydrogen) atoms. The fourth-order valence-corrected chi connectivity index (χ4v) is 3.44.